The van der Waals surface area contributed by atoms with Crippen molar-refractivity contribution in [2.45, 2.75) is 31.4 Å². The minimum Gasteiger partial charge on any atom is -0.388 e. The Hall–Kier alpha value is -0.870. The zero-order valence-corrected chi connectivity index (χ0v) is 7.56. The van der Waals surface area contributed by atoms with Crippen LogP contribution in [0.4, 0.5) is 0 Å². The van der Waals surface area contributed by atoms with Crippen LogP contribution in [0.25, 0.3) is 0 Å². The topological polar surface area (TPSA) is 64.1 Å². The van der Waals surface area contributed by atoms with E-state index in [1.54, 1.807) is 6.20 Å². The summed E-state index contributed by atoms with van der Waals surface area (Å²) in [5, 5.41) is 13.8. The molecule has 1 aliphatic rings. The van der Waals surface area contributed by atoms with Gasteiger partial charge in [-0.2, -0.15) is 5.10 Å². The van der Waals surface area contributed by atoms with E-state index in [0.29, 0.717) is 19.0 Å². The van der Waals surface area contributed by atoms with Crippen molar-refractivity contribution >= 4 is 0 Å². The second kappa shape index (κ2) is 3.47. The van der Waals surface area contributed by atoms with Gasteiger partial charge in [0.2, 0.25) is 0 Å². The Labute approximate surface area is 77.4 Å². The summed E-state index contributed by atoms with van der Waals surface area (Å²) in [6.07, 6.45) is 6.26. The van der Waals surface area contributed by atoms with Crippen molar-refractivity contribution in [1.29, 1.82) is 0 Å². The average molecular weight is 181 g/mol. The van der Waals surface area contributed by atoms with Crippen LogP contribution in [0.5, 0.6) is 0 Å². The molecule has 13 heavy (non-hydrogen) atoms. The lowest BCUT2D eigenvalue weighted by molar-refractivity contribution is 0.170. The highest BCUT2D eigenvalue weighted by Gasteiger charge is 2.24. The van der Waals surface area contributed by atoms with Crippen LogP contribution in [0.3, 0.4) is 0 Å². The SMILES string of the molecule is NCCC(O)c1cnn(C2CC2)c1. The Bertz CT molecular complexity index is 280. The van der Waals surface area contributed by atoms with Crippen LogP contribution < -0.4 is 5.73 Å². The first-order chi connectivity index (χ1) is 6.31. The molecule has 2 rings (SSSR count). The predicted octanol–water partition coefficient (Wildman–Crippen LogP) is 0.600. The zero-order valence-electron chi connectivity index (χ0n) is 7.56. The molecule has 1 fully saturated rings. The van der Waals surface area contributed by atoms with Crippen LogP contribution in [0, 0.1) is 0 Å². The number of nitrogens with zero attached hydrogens (tertiary/aromatic N) is 2. The summed E-state index contributed by atoms with van der Waals surface area (Å²) in [5.74, 6) is 0. The van der Waals surface area contributed by atoms with Gasteiger partial charge in [0.1, 0.15) is 0 Å². The van der Waals surface area contributed by atoms with Crippen LogP contribution in [-0.2, 0) is 0 Å². The largest absolute Gasteiger partial charge is 0.388 e. The molecule has 72 valence electrons. The van der Waals surface area contributed by atoms with Crippen LogP contribution in [0.1, 0.15) is 37.0 Å². The van der Waals surface area contributed by atoms with E-state index in [1.807, 2.05) is 10.9 Å². The third kappa shape index (κ3) is 1.89. The van der Waals surface area contributed by atoms with Crippen molar-refractivity contribution in [3.05, 3.63) is 18.0 Å². The van der Waals surface area contributed by atoms with E-state index >= 15 is 0 Å². The average Bonchev–Trinajstić information content (AvgIpc) is 2.84. The van der Waals surface area contributed by atoms with Crippen molar-refractivity contribution in [3.63, 3.8) is 0 Å². The Morgan fingerprint density at radius 1 is 1.69 bits per heavy atom. The van der Waals surface area contributed by atoms with Crippen molar-refractivity contribution < 1.29 is 5.11 Å². The molecule has 4 heteroatoms. The minimum absolute atomic E-state index is 0.447. The summed E-state index contributed by atoms with van der Waals surface area (Å²) in [6.45, 7) is 0.510. The van der Waals surface area contributed by atoms with E-state index < -0.39 is 6.10 Å². The Balaban J connectivity index is 2.03. The van der Waals surface area contributed by atoms with Gasteiger partial charge in [0.25, 0.3) is 0 Å². The van der Waals surface area contributed by atoms with Gasteiger partial charge in [-0.3, -0.25) is 4.68 Å². The summed E-state index contributed by atoms with van der Waals surface area (Å²) in [5.41, 5.74) is 6.24. The molecular weight excluding hydrogens is 166 g/mol. The molecule has 0 aromatic carbocycles. The summed E-state index contributed by atoms with van der Waals surface area (Å²) >= 11 is 0. The summed E-state index contributed by atoms with van der Waals surface area (Å²) in [4.78, 5) is 0. The third-order valence-electron chi connectivity index (χ3n) is 2.37. The Morgan fingerprint density at radius 3 is 3.08 bits per heavy atom. The molecule has 1 saturated carbocycles. The maximum Gasteiger partial charge on any atom is 0.0832 e. The smallest absolute Gasteiger partial charge is 0.0832 e. The van der Waals surface area contributed by atoms with Gasteiger partial charge in [-0.15, -0.1) is 0 Å². The predicted molar refractivity (Wildman–Crippen MR) is 49.1 cm³/mol. The molecule has 0 aliphatic heterocycles. The van der Waals surface area contributed by atoms with Crippen LogP contribution in [-0.4, -0.2) is 21.4 Å². The second-order valence-electron chi connectivity index (χ2n) is 3.58. The highest BCUT2D eigenvalue weighted by Crippen LogP contribution is 2.34. The lowest BCUT2D eigenvalue weighted by atomic mass is 10.1. The lowest BCUT2D eigenvalue weighted by Gasteiger charge is -2.04. The third-order valence-corrected chi connectivity index (χ3v) is 2.37. The van der Waals surface area contributed by atoms with E-state index in [2.05, 4.69) is 5.10 Å². The number of hydrogen-bond acceptors (Lipinski definition) is 3. The van der Waals surface area contributed by atoms with Gasteiger partial charge in [-0.05, 0) is 25.8 Å². The Morgan fingerprint density at radius 2 is 2.46 bits per heavy atom. The fourth-order valence-corrected chi connectivity index (χ4v) is 1.39. The molecule has 0 spiro atoms. The number of hydrogen-bond donors (Lipinski definition) is 2. The zero-order chi connectivity index (χ0) is 9.26. The molecular formula is C9H15N3O. The molecule has 1 aromatic heterocycles. The van der Waals surface area contributed by atoms with Crippen LogP contribution in [0.15, 0.2) is 12.4 Å². The van der Waals surface area contributed by atoms with Crippen molar-refractivity contribution in [3.8, 4) is 0 Å². The van der Waals surface area contributed by atoms with Gasteiger partial charge >= 0.3 is 0 Å². The first-order valence-corrected chi connectivity index (χ1v) is 4.73. The number of aliphatic hydroxyl groups excluding tert-OH is 1. The minimum atomic E-state index is -0.447. The maximum atomic E-state index is 9.60. The summed E-state index contributed by atoms with van der Waals surface area (Å²) < 4.78 is 1.94. The summed E-state index contributed by atoms with van der Waals surface area (Å²) in [6, 6.07) is 0.582. The molecule has 1 unspecified atom stereocenters. The lowest BCUT2D eigenvalue weighted by Crippen LogP contribution is -2.06. The molecule has 0 bridgehead atoms. The molecule has 1 heterocycles. The normalized spacial score (nSPS) is 18.9. The molecule has 4 nitrogen and oxygen atoms in total. The van der Waals surface area contributed by atoms with Gasteiger partial charge in [-0.1, -0.05) is 0 Å². The molecule has 0 saturated heterocycles. The van der Waals surface area contributed by atoms with E-state index in [-0.39, 0.29) is 0 Å². The molecule has 0 amide bonds. The fraction of sp³-hybridized carbons (Fsp3) is 0.667. The maximum absolute atomic E-state index is 9.60. The highest BCUT2D eigenvalue weighted by molar-refractivity contribution is 5.09. The van der Waals surface area contributed by atoms with Crippen molar-refractivity contribution in [1.82, 2.24) is 9.78 Å². The fourth-order valence-electron chi connectivity index (χ4n) is 1.39. The number of aliphatic hydroxyl groups is 1. The van der Waals surface area contributed by atoms with Crippen molar-refractivity contribution in [2.24, 2.45) is 5.73 Å². The first kappa shape index (κ1) is 8.72. The second-order valence-corrected chi connectivity index (χ2v) is 3.58. The summed E-state index contributed by atoms with van der Waals surface area (Å²) in [7, 11) is 0. The quantitative estimate of drug-likeness (QED) is 0.715. The van der Waals surface area contributed by atoms with Gasteiger partial charge in [0, 0.05) is 11.8 Å². The molecule has 1 aliphatic carbocycles. The number of aromatic nitrogens is 2. The Kier molecular flexibility index (Phi) is 2.33. The van der Waals surface area contributed by atoms with Gasteiger partial charge in [0.15, 0.2) is 0 Å². The molecule has 0 radical (unpaired) electrons. The van der Waals surface area contributed by atoms with E-state index in [0.717, 1.165) is 5.56 Å². The van der Waals surface area contributed by atoms with Gasteiger partial charge in [-0.25, -0.2) is 0 Å². The van der Waals surface area contributed by atoms with E-state index in [9.17, 15) is 5.11 Å². The molecule has 1 aromatic rings. The van der Waals surface area contributed by atoms with E-state index in [1.165, 1.54) is 12.8 Å². The number of rotatable bonds is 4. The van der Waals surface area contributed by atoms with Crippen LogP contribution >= 0.6 is 0 Å². The van der Waals surface area contributed by atoms with Crippen molar-refractivity contribution in [2.75, 3.05) is 6.54 Å². The van der Waals surface area contributed by atoms with E-state index in [4.69, 9.17) is 5.73 Å². The number of nitrogens with two attached hydrogens (primary N) is 1. The molecule has 3 N–H and O–H groups in total. The van der Waals surface area contributed by atoms with Crippen LogP contribution in [0.2, 0.25) is 0 Å². The highest BCUT2D eigenvalue weighted by atomic mass is 16.3. The van der Waals surface area contributed by atoms with Gasteiger partial charge in [0.05, 0.1) is 18.3 Å². The molecule has 1 atom stereocenters. The standard InChI is InChI=1S/C9H15N3O/c10-4-3-9(13)7-5-11-12(6-7)8-1-2-8/h5-6,8-9,13H,1-4,10H2. The van der Waals surface area contributed by atoms with Gasteiger partial charge < -0.3 is 10.8 Å². The first-order valence-electron chi connectivity index (χ1n) is 4.73. The monoisotopic (exact) mass is 181 g/mol.